The largest absolute Gasteiger partial charge is 0.313 e. The number of rotatable bonds is 4. The van der Waals surface area contributed by atoms with Crippen molar-refractivity contribution in [3.63, 3.8) is 0 Å². The number of likely N-dealkylation sites (N-methyl/N-ethyl adjacent to an activating group) is 1. The molecule has 0 amide bonds. The van der Waals surface area contributed by atoms with Crippen molar-refractivity contribution in [1.82, 2.24) is 10.3 Å². The molecule has 2 rings (SSSR count). The number of halogens is 2. The fraction of sp³-hybridized carbons (Fsp3) is 0.250. The third-order valence-corrected chi connectivity index (χ3v) is 3.69. The molecule has 1 aromatic carbocycles. The minimum atomic E-state index is -0.284. The molecule has 90 valence electrons. The van der Waals surface area contributed by atoms with Crippen molar-refractivity contribution in [2.24, 2.45) is 0 Å². The Bertz CT molecular complexity index is 467. The Morgan fingerprint density at radius 3 is 2.94 bits per heavy atom. The van der Waals surface area contributed by atoms with E-state index < -0.39 is 0 Å². The Labute approximate surface area is 108 Å². The van der Waals surface area contributed by atoms with E-state index in [0.717, 1.165) is 5.01 Å². The Hall–Kier alpha value is -0.970. The van der Waals surface area contributed by atoms with Crippen LogP contribution in [-0.4, -0.2) is 12.0 Å². The molecular weight excluding hydrogens is 259 g/mol. The van der Waals surface area contributed by atoms with E-state index in [1.54, 1.807) is 36.7 Å². The highest BCUT2D eigenvalue weighted by Crippen LogP contribution is 2.28. The highest BCUT2D eigenvalue weighted by atomic mass is 35.5. The van der Waals surface area contributed by atoms with E-state index >= 15 is 0 Å². The summed E-state index contributed by atoms with van der Waals surface area (Å²) in [6.45, 7) is 0. The number of aromatic nitrogens is 1. The second kappa shape index (κ2) is 5.58. The van der Waals surface area contributed by atoms with Crippen LogP contribution in [0.2, 0.25) is 5.02 Å². The van der Waals surface area contributed by atoms with Gasteiger partial charge in [0.2, 0.25) is 0 Å². The maximum Gasteiger partial charge on any atom is 0.129 e. The summed E-state index contributed by atoms with van der Waals surface area (Å²) >= 11 is 7.60. The maximum atomic E-state index is 13.8. The van der Waals surface area contributed by atoms with E-state index in [9.17, 15) is 4.39 Å². The van der Waals surface area contributed by atoms with Crippen molar-refractivity contribution < 1.29 is 4.39 Å². The summed E-state index contributed by atoms with van der Waals surface area (Å²) < 4.78 is 13.8. The van der Waals surface area contributed by atoms with Gasteiger partial charge in [-0.1, -0.05) is 17.7 Å². The number of benzene rings is 1. The Kier molecular flexibility index (Phi) is 4.10. The van der Waals surface area contributed by atoms with Gasteiger partial charge in [-0.2, -0.15) is 0 Å². The summed E-state index contributed by atoms with van der Waals surface area (Å²) in [7, 11) is 1.79. The molecule has 0 bridgehead atoms. The zero-order valence-corrected chi connectivity index (χ0v) is 10.9. The van der Waals surface area contributed by atoms with Gasteiger partial charge in [-0.05, 0) is 19.2 Å². The number of nitrogens with zero attached hydrogens (tertiary/aromatic N) is 1. The van der Waals surface area contributed by atoms with Gasteiger partial charge >= 0.3 is 0 Å². The first-order chi connectivity index (χ1) is 8.22. The van der Waals surface area contributed by atoms with Crippen LogP contribution >= 0.6 is 22.9 Å². The lowest BCUT2D eigenvalue weighted by Gasteiger charge is -2.17. The first-order valence-electron chi connectivity index (χ1n) is 5.22. The number of hydrogen-bond donors (Lipinski definition) is 1. The van der Waals surface area contributed by atoms with Crippen LogP contribution in [0.15, 0.2) is 29.8 Å². The molecule has 0 spiro atoms. The lowest BCUT2D eigenvalue weighted by Crippen LogP contribution is -2.20. The van der Waals surface area contributed by atoms with Crippen molar-refractivity contribution in [2.45, 2.75) is 12.5 Å². The highest BCUT2D eigenvalue weighted by Gasteiger charge is 2.18. The van der Waals surface area contributed by atoms with Crippen LogP contribution in [0.1, 0.15) is 16.6 Å². The summed E-state index contributed by atoms with van der Waals surface area (Å²) in [6.07, 6.45) is 2.38. The van der Waals surface area contributed by atoms with E-state index in [-0.39, 0.29) is 11.9 Å². The molecule has 17 heavy (non-hydrogen) atoms. The molecule has 0 saturated carbocycles. The highest BCUT2D eigenvalue weighted by molar-refractivity contribution is 7.09. The van der Waals surface area contributed by atoms with Crippen molar-refractivity contribution in [1.29, 1.82) is 0 Å². The molecule has 1 unspecified atom stereocenters. The molecule has 1 atom stereocenters. The molecular formula is C12H12ClFN2S. The standard InChI is InChI=1S/C12H12ClFN2S/c1-15-10(7-11-16-5-6-17-11)12-8(13)3-2-4-9(12)14/h2-6,10,15H,7H2,1H3. The zero-order chi connectivity index (χ0) is 12.3. The third kappa shape index (κ3) is 2.83. The fourth-order valence-electron chi connectivity index (χ4n) is 1.72. The summed E-state index contributed by atoms with van der Waals surface area (Å²) in [5.41, 5.74) is 0.506. The summed E-state index contributed by atoms with van der Waals surface area (Å²) in [4.78, 5) is 4.20. The Morgan fingerprint density at radius 2 is 2.35 bits per heavy atom. The molecule has 0 aliphatic carbocycles. The smallest absolute Gasteiger partial charge is 0.129 e. The number of hydrogen-bond acceptors (Lipinski definition) is 3. The van der Waals surface area contributed by atoms with Crippen molar-refractivity contribution >= 4 is 22.9 Å². The van der Waals surface area contributed by atoms with Gasteiger partial charge in [0.25, 0.3) is 0 Å². The zero-order valence-electron chi connectivity index (χ0n) is 9.28. The molecule has 0 aliphatic heterocycles. The fourth-order valence-corrected chi connectivity index (χ4v) is 2.68. The summed E-state index contributed by atoms with van der Waals surface area (Å²) in [5, 5.41) is 6.40. The molecule has 0 fully saturated rings. The van der Waals surface area contributed by atoms with E-state index in [0.29, 0.717) is 17.0 Å². The van der Waals surface area contributed by atoms with Crippen LogP contribution in [0.25, 0.3) is 0 Å². The van der Waals surface area contributed by atoms with Gasteiger partial charge in [-0.15, -0.1) is 11.3 Å². The normalized spacial score (nSPS) is 12.6. The molecule has 0 radical (unpaired) electrons. The maximum absolute atomic E-state index is 13.8. The molecule has 0 saturated heterocycles. The minimum absolute atomic E-state index is 0.158. The van der Waals surface area contributed by atoms with Gasteiger partial charge in [0, 0.05) is 34.6 Å². The van der Waals surface area contributed by atoms with Crippen LogP contribution in [0.5, 0.6) is 0 Å². The molecule has 1 heterocycles. The van der Waals surface area contributed by atoms with Crippen LogP contribution in [0, 0.1) is 5.82 Å². The van der Waals surface area contributed by atoms with Crippen molar-refractivity contribution in [3.8, 4) is 0 Å². The molecule has 1 N–H and O–H groups in total. The SMILES string of the molecule is CNC(Cc1nccs1)c1c(F)cccc1Cl. The predicted molar refractivity (Wildman–Crippen MR) is 69.0 cm³/mol. The van der Waals surface area contributed by atoms with Crippen LogP contribution < -0.4 is 5.32 Å². The van der Waals surface area contributed by atoms with E-state index in [1.807, 2.05) is 5.38 Å². The topological polar surface area (TPSA) is 24.9 Å². The summed E-state index contributed by atoms with van der Waals surface area (Å²) in [6, 6.07) is 4.58. The molecule has 0 aliphatic rings. The van der Waals surface area contributed by atoms with E-state index in [1.165, 1.54) is 6.07 Å². The lowest BCUT2D eigenvalue weighted by atomic mass is 10.0. The second-order valence-corrected chi connectivity index (χ2v) is 4.99. The van der Waals surface area contributed by atoms with E-state index in [4.69, 9.17) is 11.6 Å². The quantitative estimate of drug-likeness (QED) is 0.921. The number of nitrogens with one attached hydrogen (secondary N) is 1. The second-order valence-electron chi connectivity index (χ2n) is 3.61. The Morgan fingerprint density at radius 1 is 1.53 bits per heavy atom. The minimum Gasteiger partial charge on any atom is -0.313 e. The average Bonchev–Trinajstić information content (AvgIpc) is 2.80. The molecule has 2 aromatic rings. The average molecular weight is 271 g/mol. The van der Waals surface area contributed by atoms with Crippen molar-refractivity contribution in [3.05, 3.63) is 51.2 Å². The van der Waals surface area contributed by atoms with Crippen LogP contribution in [-0.2, 0) is 6.42 Å². The van der Waals surface area contributed by atoms with Gasteiger partial charge in [0.15, 0.2) is 0 Å². The monoisotopic (exact) mass is 270 g/mol. The summed E-state index contributed by atoms with van der Waals surface area (Å²) in [5.74, 6) is -0.284. The first-order valence-corrected chi connectivity index (χ1v) is 6.47. The third-order valence-electron chi connectivity index (χ3n) is 2.56. The van der Waals surface area contributed by atoms with Gasteiger partial charge in [0.1, 0.15) is 5.82 Å². The molecule has 5 heteroatoms. The predicted octanol–water partition coefficient (Wildman–Crippen LogP) is 3.44. The van der Waals surface area contributed by atoms with Gasteiger partial charge in [0.05, 0.1) is 5.01 Å². The van der Waals surface area contributed by atoms with Crippen molar-refractivity contribution in [2.75, 3.05) is 7.05 Å². The van der Waals surface area contributed by atoms with Crippen LogP contribution in [0.4, 0.5) is 4.39 Å². The Balaban J connectivity index is 2.29. The number of thiazole rings is 1. The lowest BCUT2D eigenvalue weighted by molar-refractivity contribution is 0.533. The molecule has 2 nitrogen and oxygen atoms in total. The van der Waals surface area contributed by atoms with Crippen LogP contribution in [0.3, 0.4) is 0 Å². The molecule has 1 aromatic heterocycles. The van der Waals surface area contributed by atoms with Gasteiger partial charge in [-0.3, -0.25) is 0 Å². The van der Waals surface area contributed by atoms with Gasteiger partial charge in [-0.25, -0.2) is 9.37 Å². The van der Waals surface area contributed by atoms with E-state index in [2.05, 4.69) is 10.3 Å². The van der Waals surface area contributed by atoms with Gasteiger partial charge < -0.3 is 5.32 Å². The first kappa shape index (κ1) is 12.5.